The molecule has 3 aromatic rings. The van der Waals surface area contributed by atoms with Gasteiger partial charge in [-0.3, -0.25) is 23.1 Å². The van der Waals surface area contributed by atoms with Gasteiger partial charge in [-0.05, 0) is 11.6 Å². The number of hydrogen-bond acceptors (Lipinski definition) is 12. The Labute approximate surface area is 181 Å². The normalized spacial score (nSPS) is 33.0. The number of phosphoric ester groups is 1. The number of anilines is 1. The Hall–Kier alpha value is -2.51. The fourth-order valence-electron chi connectivity index (χ4n) is 3.69. The van der Waals surface area contributed by atoms with Gasteiger partial charge in [0.15, 0.2) is 17.7 Å². The second kappa shape index (κ2) is 8.45. The van der Waals surface area contributed by atoms with Crippen molar-refractivity contribution in [3.05, 3.63) is 42.7 Å². The highest BCUT2D eigenvalue weighted by atomic mass is 31.2. The topological polar surface area (TPSA) is 177 Å². The summed E-state index contributed by atoms with van der Waals surface area (Å²) in [7, 11) is -3.92. The van der Waals surface area contributed by atoms with Gasteiger partial charge in [0.25, 0.3) is 0 Å². The fraction of sp³-hybridized carbons (Fsp3) is 0.444. The summed E-state index contributed by atoms with van der Waals surface area (Å²) in [6, 6.07) is 3.56. The van der Waals surface area contributed by atoms with Crippen LogP contribution in [0.5, 0.6) is 0 Å². The molecule has 2 saturated heterocycles. The molecular weight excluding hydrogens is 443 g/mol. The van der Waals surface area contributed by atoms with Crippen molar-refractivity contribution in [1.82, 2.24) is 24.5 Å². The summed E-state index contributed by atoms with van der Waals surface area (Å²) in [4.78, 5) is 16.2. The van der Waals surface area contributed by atoms with Gasteiger partial charge in [-0.15, -0.1) is 0 Å². The molecule has 2 fully saturated rings. The Morgan fingerprint density at radius 3 is 2.97 bits per heavy atom. The Balaban J connectivity index is 1.28. The Bertz CT molecular complexity index is 1150. The first-order chi connectivity index (χ1) is 15.5. The molecule has 1 unspecified atom stereocenters. The average Bonchev–Trinajstić information content (AvgIpc) is 3.35. The van der Waals surface area contributed by atoms with E-state index in [0.717, 1.165) is 5.56 Å². The predicted molar refractivity (Wildman–Crippen MR) is 108 cm³/mol. The summed E-state index contributed by atoms with van der Waals surface area (Å²) in [6.45, 7) is -0.173. The van der Waals surface area contributed by atoms with E-state index in [4.69, 9.17) is 24.0 Å². The number of nitrogens with two attached hydrogens (primary N) is 1. The van der Waals surface area contributed by atoms with Gasteiger partial charge in [0.05, 0.1) is 25.6 Å². The van der Waals surface area contributed by atoms with Gasteiger partial charge in [0.2, 0.25) is 0 Å². The van der Waals surface area contributed by atoms with E-state index >= 15 is 0 Å². The van der Waals surface area contributed by atoms with Crippen molar-refractivity contribution in [2.45, 2.75) is 37.1 Å². The van der Waals surface area contributed by atoms with Crippen LogP contribution in [0.3, 0.4) is 0 Å². The summed E-state index contributed by atoms with van der Waals surface area (Å²) in [5, 5.41) is 21.0. The fourth-order valence-corrected chi connectivity index (χ4v) is 5.08. The third kappa shape index (κ3) is 3.88. The SMILES string of the molecule is Nc1ncnc2c1ncn2[C@@H]1O[C@H](COP2(=O)OCC[C@@H](c3cccnc3)O2)[C@@H](O)[C@H]1O. The molecule has 5 rings (SSSR count). The largest absolute Gasteiger partial charge is 0.475 e. The lowest BCUT2D eigenvalue weighted by molar-refractivity contribution is -0.0578. The summed E-state index contributed by atoms with van der Waals surface area (Å²) in [5.41, 5.74) is 7.22. The average molecular weight is 464 g/mol. The lowest BCUT2D eigenvalue weighted by Gasteiger charge is -2.29. The monoisotopic (exact) mass is 464 g/mol. The first-order valence-corrected chi connectivity index (χ1v) is 11.3. The van der Waals surface area contributed by atoms with Crippen LogP contribution in [0.15, 0.2) is 37.2 Å². The number of imidazole rings is 1. The second-order valence-electron chi connectivity index (χ2n) is 7.37. The van der Waals surface area contributed by atoms with Crippen molar-refractivity contribution in [1.29, 1.82) is 0 Å². The number of fused-ring (bicyclic) bond motifs is 1. The van der Waals surface area contributed by atoms with Crippen molar-refractivity contribution in [2.75, 3.05) is 18.9 Å². The van der Waals surface area contributed by atoms with Gasteiger partial charge in [0.1, 0.15) is 30.2 Å². The van der Waals surface area contributed by atoms with Crippen LogP contribution in [0.1, 0.15) is 24.3 Å². The minimum absolute atomic E-state index is 0.165. The Kier molecular flexibility index (Phi) is 5.63. The highest BCUT2D eigenvalue weighted by molar-refractivity contribution is 7.48. The van der Waals surface area contributed by atoms with Crippen molar-refractivity contribution >= 4 is 24.8 Å². The molecule has 6 atom stereocenters. The first-order valence-electron chi connectivity index (χ1n) is 9.87. The van der Waals surface area contributed by atoms with Crippen LogP contribution in [0.25, 0.3) is 11.2 Å². The van der Waals surface area contributed by atoms with Crippen LogP contribution in [0, 0.1) is 0 Å². The van der Waals surface area contributed by atoms with E-state index in [1.165, 1.54) is 17.2 Å². The first kappa shape index (κ1) is 21.3. The molecule has 0 radical (unpaired) electrons. The van der Waals surface area contributed by atoms with Crippen LogP contribution in [-0.4, -0.2) is 66.2 Å². The zero-order valence-corrected chi connectivity index (χ0v) is 17.6. The van der Waals surface area contributed by atoms with E-state index in [0.29, 0.717) is 17.6 Å². The van der Waals surface area contributed by atoms with Gasteiger partial charge >= 0.3 is 7.82 Å². The quantitative estimate of drug-likeness (QED) is 0.452. The maximum absolute atomic E-state index is 13.0. The number of nitrogen functional groups attached to an aromatic ring is 1. The summed E-state index contributed by atoms with van der Waals surface area (Å²) in [5.74, 6) is 0.175. The van der Waals surface area contributed by atoms with E-state index in [1.54, 1.807) is 18.5 Å². The minimum atomic E-state index is -3.92. The smallest absolute Gasteiger partial charge is 0.387 e. The molecule has 2 aliphatic heterocycles. The van der Waals surface area contributed by atoms with Crippen molar-refractivity contribution in [3.8, 4) is 0 Å². The maximum atomic E-state index is 13.0. The third-order valence-electron chi connectivity index (χ3n) is 5.34. The van der Waals surface area contributed by atoms with Gasteiger partial charge in [0, 0.05) is 18.8 Å². The number of ether oxygens (including phenoxy) is 1. The minimum Gasteiger partial charge on any atom is -0.387 e. The van der Waals surface area contributed by atoms with Gasteiger partial charge in [-0.25, -0.2) is 19.5 Å². The second-order valence-corrected chi connectivity index (χ2v) is 9.00. The van der Waals surface area contributed by atoms with Gasteiger partial charge in [-0.2, -0.15) is 0 Å². The van der Waals surface area contributed by atoms with Crippen LogP contribution in [0.4, 0.5) is 5.82 Å². The molecule has 0 amide bonds. The van der Waals surface area contributed by atoms with Crippen LogP contribution < -0.4 is 5.73 Å². The number of rotatable bonds is 5. The molecule has 32 heavy (non-hydrogen) atoms. The molecule has 14 heteroatoms. The molecule has 0 saturated carbocycles. The van der Waals surface area contributed by atoms with E-state index in [2.05, 4.69) is 19.9 Å². The number of phosphoric acid groups is 1. The molecule has 13 nitrogen and oxygen atoms in total. The van der Waals surface area contributed by atoms with Crippen molar-refractivity contribution in [2.24, 2.45) is 0 Å². The number of aromatic nitrogens is 5. The van der Waals surface area contributed by atoms with Crippen molar-refractivity contribution in [3.63, 3.8) is 0 Å². The van der Waals surface area contributed by atoms with E-state index in [9.17, 15) is 14.8 Å². The molecule has 0 spiro atoms. The van der Waals surface area contributed by atoms with Crippen LogP contribution in [-0.2, 0) is 22.9 Å². The lowest BCUT2D eigenvalue weighted by atomic mass is 10.1. The summed E-state index contributed by atoms with van der Waals surface area (Å²) < 4.78 is 36.4. The highest BCUT2D eigenvalue weighted by Gasteiger charge is 2.46. The molecule has 5 heterocycles. The standard InChI is InChI=1S/C18H21N6O7P/c19-16-13-17(22-8-21-16)24(9-23-13)18-15(26)14(25)12(30-18)7-29-32(27)28-5-3-11(31-32)10-2-1-4-20-6-10/h1-2,4,6,8-9,11-12,14-15,18,25-26H,3,5,7H2,(H2,19,21,22)/t11-,12+,14+,15+,18+,32?/m0/s1. The number of aliphatic hydroxyl groups is 2. The summed E-state index contributed by atoms with van der Waals surface area (Å²) >= 11 is 0. The zero-order valence-electron chi connectivity index (χ0n) is 16.7. The molecule has 3 aromatic heterocycles. The molecular formula is C18H21N6O7P. The zero-order chi connectivity index (χ0) is 22.3. The van der Waals surface area contributed by atoms with Crippen LogP contribution >= 0.6 is 7.82 Å². The molecule has 0 aromatic carbocycles. The van der Waals surface area contributed by atoms with Gasteiger partial charge < -0.3 is 20.7 Å². The lowest BCUT2D eigenvalue weighted by Crippen LogP contribution is -2.34. The predicted octanol–water partition coefficient (Wildman–Crippen LogP) is 0.726. The van der Waals surface area contributed by atoms with Gasteiger partial charge in [-0.1, -0.05) is 6.07 Å². The molecule has 0 bridgehead atoms. The van der Waals surface area contributed by atoms with E-state index in [-0.39, 0.29) is 19.0 Å². The van der Waals surface area contributed by atoms with Crippen molar-refractivity contribution < 1.29 is 33.1 Å². The molecule has 170 valence electrons. The van der Waals surface area contributed by atoms with Crippen LogP contribution in [0.2, 0.25) is 0 Å². The molecule has 4 N–H and O–H groups in total. The number of aliphatic hydroxyl groups excluding tert-OH is 2. The molecule has 0 aliphatic carbocycles. The Morgan fingerprint density at radius 1 is 1.28 bits per heavy atom. The Morgan fingerprint density at radius 2 is 2.16 bits per heavy atom. The number of pyridine rings is 1. The third-order valence-corrected chi connectivity index (χ3v) is 6.81. The number of nitrogens with zero attached hydrogens (tertiary/aromatic N) is 5. The molecule has 2 aliphatic rings. The summed E-state index contributed by atoms with van der Waals surface area (Å²) in [6.07, 6.45) is 1.19. The highest BCUT2D eigenvalue weighted by Crippen LogP contribution is 2.57. The number of hydrogen-bond donors (Lipinski definition) is 3. The van der Waals surface area contributed by atoms with E-state index < -0.39 is 38.5 Å². The maximum Gasteiger partial charge on any atom is 0.475 e. The van der Waals surface area contributed by atoms with E-state index in [1.807, 2.05) is 6.07 Å².